The van der Waals surface area contributed by atoms with Crippen LogP contribution in [-0.2, 0) is 5.41 Å². The second kappa shape index (κ2) is 6.76. The van der Waals surface area contributed by atoms with Crippen molar-refractivity contribution in [2.75, 3.05) is 0 Å². The molecule has 1 aromatic carbocycles. The van der Waals surface area contributed by atoms with E-state index in [1.54, 1.807) is 0 Å². The number of aliphatic hydroxyl groups is 1. The Bertz CT molecular complexity index is 391. The van der Waals surface area contributed by atoms with E-state index in [9.17, 15) is 5.11 Å². The molecule has 1 unspecified atom stereocenters. The van der Waals surface area contributed by atoms with Crippen LogP contribution in [0.25, 0.3) is 0 Å². The van der Waals surface area contributed by atoms with Gasteiger partial charge in [0, 0.05) is 0 Å². The summed E-state index contributed by atoms with van der Waals surface area (Å²) in [6.45, 7) is 6.68. The van der Waals surface area contributed by atoms with Gasteiger partial charge in [0.15, 0.2) is 0 Å². The van der Waals surface area contributed by atoms with Crippen LogP contribution in [0.5, 0.6) is 0 Å². The maximum Gasteiger partial charge on any atom is 0.0792 e. The number of hydrogen-bond acceptors (Lipinski definition) is 1. The lowest BCUT2D eigenvalue weighted by atomic mass is 9.85. The zero-order valence-electron chi connectivity index (χ0n) is 13.4. The predicted octanol–water partition coefficient (Wildman–Crippen LogP) is 5.38. The average molecular weight is 274 g/mol. The van der Waals surface area contributed by atoms with Gasteiger partial charge in [0.1, 0.15) is 0 Å². The van der Waals surface area contributed by atoms with E-state index < -0.39 is 0 Å². The van der Waals surface area contributed by atoms with Crippen molar-refractivity contribution < 1.29 is 5.11 Å². The van der Waals surface area contributed by atoms with Gasteiger partial charge in [-0.2, -0.15) is 0 Å². The van der Waals surface area contributed by atoms with Gasteiger partial charge in [0.05, 0.1) is 6.10 Å². The van der Waals surface area contributed by atoms with Crippen LogP contribution in [0.2, 0.25) is 0 Å². The second-order valence-electron chi connectivity index (χ2n) is 7.48. The van der Waals surface area contributed by atoms with Gasteiger partial charge in [-0.25, -0.2) is 0 Å². The predicted molar refractivity (Wildman–Crippen MR) is 85.9 cm³/mol. The molecule has 0 saturated heterocycles. The van der Waals surface area contributed by atoms with Gasteiger partial charge >= 0.3 is 0 Å². The molecule has 1 saturated carbocycles. The summed E-state index contributed by atoms with van der Waals surface area (Å²) in [5.41, 5.74) is 2.61. The van der Waals surface area contributed by atoms with Crippen LogP contribution < -0.4 is 0 Å². The minimum atomic E-state index is -0.285. The monoisotopic (exact) mass is 274 g/mol. The number of aliphatic hydroxyl groups excluding tert-OH is 1. The molecule has 112 valence electrons. The fourth-order valence-corrected chi connectivity index (χ4v) is 3.26. The third-order valence-electron chi connectivity index (χ3n) is 4.69. The topological polar surface area (TPSA) is 20.2 Å². The SMILES string of the molecule is CC(C)(C)c1ccc(C(O)CC2CCCCCC2)cc1. The van der Waals surface area contributed by atoms with Gasteiger partial charge in [-0.1, -0.05) is 83.6 Å². The van der Waals surface area contributed by atoms with E-state index in [2.05, 4.69) is 45.0 Å². The largest absolute Gasteiger partial charge is 0.388 e. The smallest absolute Gasteiger partial charge is 0.0792 e. The van der Waals surface area contributed by atoms with Gasteiger partial charge in [0.2, 0.25) is 0 Å². The van der Waals surface area contributed by atoms with Gasteiger partial charge in [-0.05, 0) is 28.9 Å². The maximum atomic E-state index is 10.5. The molecule has 0 spiro atoms. The Morgan fingerprint density at radius 3 is 2.05 bits per heavy atom. The summed E-state index contributed by atoms with van der Waals surface area (Å²) in [4.78, 5) is 0. The fraction of sp³-hybridized carbons (Fsp3) is 0.684. The first-order valence-corrected chi connectivity index (χ1v) is 8.25. The Hall–Kier alpha value is -0.820. The Labute approximate surface area is 124 Å². The number of hydrogen-bond donors (Lipinski definition) is 1. The molecule has 2 rings (SSSR count). The Kier molecular flexibility index (Phi) is 5.26. The van der Waals surface area contributed by atoms with Crippen LogP contribution in [0.3, 0.4) is 0 Å². The first kappa shape index (κ1) is 15.6. The normalized spacial score (nSPS) is 19.6. The van der Waals surface area contributed by atoms with Gasteiger partial charge in [-0.15, -0.1) is 0 Å². The Balaban J connectivity index is 1.96. The quantitative estimate of drug-likeness (QED) is 0.734. The summed E-state index contributed by atoms with van der Waals surface area (Å²) in [5.74, 6) is 0.717. The van der Waals surface area contributed by atoms with Crippen molar-refractivity contribution in [3.8, 4) is 0 Å². The molecule has 0 amide bonds. The standard InChI is InChI=1S/C19H30O/c1-19(2,3)17-12-10-16(11-13-17)18(20)14-15-8-6-4-5-7-9-15/h10-13,15,18,20H,4-9,14H2,1-3H3. The molecule has 1 N–H and O–H groups in total. The molecular weight excluding hydrogens is 244 g/mol. The number of benzene rings is 1. The molecule has 1 heteroatoms. The zero-order chi connectivity index (χ0) is 14.6. The lowest BCUT2D eigenvalue weighted by Crippen LogP contribution is -2.11. The lowest BCUT2D eigenvalue weighted by Gasteiger charge is -2.22. The van der Waals surface area contributed by atoms with Crippen LogP contribution in [0.1, 0.15) is 82.9 Å². The Morgan fingerprint density at radius 1 is 1.00 bits per heavy atom. The molecule has 1 atom stereocenters. The summed E-state index contributed by atoms with van der Waals surface area (Å²) < 4.78 is 0. The van der Waals surface area contributed by atoms with Gasteiger partial charge in [0.25, 0.3) is 0 Å². The van der Waals surface area contributed by atoms with E-state index >= 15 is 0 Å². The fourth-order valence-electron chi connectivity index (χ4n) is 3.26. The highest BCUT2D eigenvalue weighted by molar-refractivity contribution is 5.28. The first-order valence-electron chi connectivity index (χ1n) is 8.25. The van der Waals surface area contributed by atoms with Crippen molar-refractivity contribution >= 4 is 0 Å². The van der Waals surface area contributed by atoms with E-state index in [0.717, 1.165) is 17.9 Å². The molecule has 0 bridgehead atoms. The van der Waals surface area contributed by atoms with Crippen molar-refractivity contribution in [2.24, 2.45) is 5.92 Å². The molecule has 0 radical (unpaired) electrons. The summed E-state index contributed by atoms with van der Waals surface area (Å²) in [6, 6.07) is 8.57. The summed E-state index contributed by atoms with van der Waals surface area (Å²) >= 11 is 0. The van der Waals surface area contributed by atoms with E-state index in [-0.39, 0.29) is 11.5 Å². The van der Waals surface area contributed by atoms with E-state index in [0.29, 0.717) is 0 Å². The average Bonchev–Trinajstić information content (AvgIpc) is 2.66. The molecule has 20 heavy (non-hydrogen) atoms. The molecule has 1 aliphatic rings. The van der Waals surface area contributed by atoms with Crippen molar-refractivity contribution in [3.63, 3.8) is 0 Å². The molecule has 0 heterocycles. The van der Waals surface area contributed by atoms with Crippen LogP contribution in [0.15, 0.2) is 24.3 Å². The van der Waals surface area contributed by atoms with Crippen molar-refractivity contribution in [2.45, 2.75) is 77.2 Å². The molecule has 1 fully saturated rings. The molecular formula is C19H30O. The van der Waals surface area contributed by atoms with Crippen LogP contribution in [-0.4, -0.2) is 5.11 Å². The highest BCUT2D eigenvalue weighted by Crippen LogP contribution is 2.32. The molecule has 1 aromatic rings. The van der Waals surface area contributed by atoms with Crippen LogP contribution in [0, 0.1) is 5.92 Å². The highest BCUT2D eigenvalue weighted by Gasteiger charge is 2.19. The van der Waals surface area contributed by atoms with Crippen molar-refractivity contribution in [3.05, 3.63) is 35.4 Å². The molecule has 0 aliphatic heterocycles. The zero-order valence-corrected chi connectivity index (χ0v) is 13.4. The lowest BCUT2D eigenvalue weighted by molar-refractivity contribution is 0.139. The van der Waals surface area contributed by atoms with Crippen LogP contribution >= 0.6 is 0 Å². The van der Waals surface area contributed by atoms with Gasteiger partial charge in [-0.3, -0.25) is 0 Å². The van der Waals surface area contributed by atoms with E-state index in [1.807, 2.05) is 0 Å². The molecule has 1 nitrogen and oxygen atoms in total. The summed E-state index contributed by atoms with van der Waals surface area (Å²) in [5, 5.41) is 10.5. The maximum absolute atomic E-state index is 10.5. The van der Waals surface area contributed by atoms with Crippen LogP contribution in [0.4, 0.5) is 0 Å². The van der Waals surface area contributed by atoms with Crippen molar-refractivity contribution in [1.82, 2.24) is 0 Å². The first-order chi connectivity index (χ1) is 9.47. The van der Waals surface area contributed by atoms with E-state index in [1.165, 1.54) is 44.1 Å². The van der Waals surface area contributed by atoms with Gasteiger partial charge < -0.3 is 5.11 Å². The van der Waals surface area contributed by atoms with E-state index in [4.69, 9.17) is 0 Å². The summed E-state index contributed by atoms with van der Waals surface area (Å²) in [7, 11) is 0. The second-order valence-corrected chi connectivity index (χ2v) is 7.48. The van der Waals surface area contributed by atoms with Crippen molar-refractivity contribution in [1.29, 1.82) is 0 Å². The summed E-state index contributed by atoms with van der Waals surface area (Å²) in [6.07, 6.45) is 8.72. The third kappa shape index (κ3) is 4.34. The minimum absolute atomic E-state index is 0.185. The molecule has 0 aromatic heterocycles. The Morgan fingerprint density at radius 2 is 1.55 bits per heavy atom. The minimum Gasteiger partial charge on any atom is -0.388 e. The third-order valence-corrected chi connectivity index (χ3v) is 4.69. The highest BCUT2D eigenvalue weighted by atomic mass is 16.3. The molecule has 1 aliphatic carbocycles. The number of rotatable bonds is 3.